The molecule has 0 bridgehead atoms. The van der Waals surface area contributed by atoms with E-state index in [9.17, 15) is 14.4 Å². The quantitative estimate of drug-likeness (QED) is 0.100. The molecule has 216 valence electrons. The Bertz CT molecular complexity index is 1360. The largest absolute Gasteiger partial charge is 0.494 e. The van der Waals surface area contributed by atoms with Crippen LogP contribution in [-0.2, 0) is 14.4 Å². The number of halogens is 2. The Kier molecular flexibility index (Phi) is 12.3. The fourth-order valence-electron chi connectivity index (χ4n) is 3.33. The molecule has 0 unspecified atom stereocenters. The van der Waals surface area contributed by atoms with E-state index in [1.165, 1.54) is 6.21 Å². The molecule has 3 aromatic rings. The first kappa shape index (κ1) is 31.3. The second kappa shape index (κ2) is 16.1. The minimum Gasteiger partial charge on any atom is -0.494 e. The molecule has 0 fully saturated rings. The van der Waals surface area contributed by atoms with Crippen LogP contribution in [0, 0.1) is 0 Å². The molecular formula is C29H30Cl2N4O6. The molecular weight excluding hydrogens is 571 g/mol. The van der Waals surface area contributed by atoms with Gasteiger partial charge in [0.15, 0.2) is 18.1 Å². The van der Waals surface area contributed by atoms with Gasteiger partial charge in [0.05, 0.1) is 19.4 Å². The maximum absolute atomic E-state index is 12.3. The molecule has 0 radical (unpaired) electrons. The van der Waals surface area contributed by atoms with Gasteiger partial charge in [0, 0.05) is 21.4 Å². The average molecular weight is 601 g/mol. The summed E-state index contributed by atoms with van der Waals surface area (Å²) in [6, 6.07) is 16.3. The molecule has 0 spiro atoms. The van der Waals surface area contributed by atoms with Gasteiger partial charge >= 0.3 is 11.8 Å². The molecule has 0 aliphatic rings. The zero-order valence-corrected chi connectivity index (χ0v) is 24.1. The van der Waals surface area contributed by atoms with Crippen molar-refractivity contribution in [3.05, 3.63) is 76.3 Å². The number of rotatable bonds is 13. The van der Waals surface area contributed by atoms with Gasteiger partial charge in [0.25, 0.3) is 5.91 Å². The van der Waals surface area contributed by atoms with Crippen molar-refractivity contribution in [1.29, 1.82) is 0 Å². The Morgan fingerprint density at radius 1 is 0.805 bits per heavy atom. The maximum atomic E-state index is 12.3. The normalized spacial score (nSPS) is 10.6. The van der Waals surface area contributed by atoms with Crippen molar-refractivity contribution >= 4 is 58.5 Å². The van der Waals surface area contributed by atoms with Crippen LogP contribution in [0.3, 0.4) is 0 Å². The third kappa shape index (κ3) is 10.7. The van der Waals surface area contributed by atoms with Gasteiger partial charge in [-0.05, 0) is 79.6 Å². The minimum atomic E-state index is -0.943. The van der Waals surface area contributed by atoms with Crippen LogP contribution >= 0.6 is 23.2 Å². The molecule has 0 aromatic heterocycles. The highest BCUT2D eigenvalue weighted by Gasteiger charge is 2.14. The number of ether oxygens (including phenoxy) is 3. The summed E-state index contributed by atoms with van der Waals surface area (Å²) in [4.78, 5) is 36.7. The number of carbonyl (C=O) groups is 3. The van der Waals surface area contributed by atoms with Crippen molar-refractivity contribution in [2.24, 2.45) is 5.10 Å². The van der Waals surface area contributed by atoms with Crippen LogP contribution < -0.4 is 30.3 Å². The van der Waals surface area contributed by atoms with E-state index in [-0.39, 0.29) is 6.61 Å². The van der Waals surface area contributed by atoms with Crippen molar-refractivity contribution in [3.63, 3.8) is 0 Å². The molecule has 0 heterocycles. The summed E-state index contributed by atoms with van der Waals surface area (Å²) in [5.41, 5.74) is 3.62. The SMILES string of the molecule is CCCCOc1ccc(NC(=O)C(=O)N/N=C\c2ccc(OCC(=O)Nc3cc(Cl)cc(Cl)c3)c(OCC)c2)cc1. The topological polar surface area (TPSA) is 127 Å². The number of anilines is 2. The monoisotopic (exact) mass is 600 g/mol. The minimum absolute atomic E-state index is 0.294. The summed E-state index contributed by atoms with van der Waals surface area (Å²) in [5.74, 6) is -0.872. The van der Waals surface area contributed by atoms with Gasteiger partial charge in [-0.1, -0.05) is 36.5 Å². The molecule has 3 N–H and O–H groups in total. The van der Waals surface area contributed by atoms with Crippen molar-refractivity contribution in [2.75, 3.05) is 30.5 Å². The van der Waals surface area contributed by atoms with Gasteiger partial charge in [-0.2, -0.15) is 5.10 Å². The summed E-state index contributed by atoms with van der Waals surface area (Å²) < 4.78 is 16.8. The van der Waals surface area contributed by atoms with Gasteiger partial charge in [0.2, 0.25) is 0 Å². The lowest BCUT2D eigenvalue weighted by atomic mass is 10.2. The predicted octanol–water partition coefficient (Wildman–Crippen LogP) is 5.68. The van der Waals surface area contributed by atoms with Gasteiger partial charge in [-0.3, -0.25) is 14.4 Å². The van der Waals surface area contributed by atoms with Gasteiger partial charge in [-0.15, -0.1) is 0 Å². The second-order valence-corrected chi connectivity index (χ2v) is 9.39. The number of benzene rings is 3. The fraction of sp³-hybridized carbons (Fsp3) is 0.241. The number of unbranched alkanes of at least 4 members (excludes halogenated alkanes) is 1. The average Bonchev–Trinajstić information content (AvgIpc) is 2.93. The Balaban J connectivity index is 1.51. The second-order valence-electron chi connectivity index (χ2n) is 8.51. The van der Waals surface area contributed by atoms with Crippen LogP contribution in [0.25, 0.3) is 0 Å². The van der Waals surface area contributed by atoms with Gasteiger partial charge < -0.3 is 24.8 Å². The highest BCUT2D eigenvalue weighted by molar-refractivity contribution is 6.39. The smallest absolute Gasteiger partial charge is 0.329 e. The summed E-state index contributed by atoms with van der Waals surface area (Å²) in [5, 5.41) is 9.77. The van der Waals surface area contributed by atoms with Crippen LogP contribution in [0.1, 0.15) is 32.3 Å². The molecule has 3 amide bonds. The first-order valence-corrected chi connectivity index (χ1v) is 13.6. The lowest BCUT2D eigenvalue weighted by Gasteiger charge is -2.13. The molecule has 0 aliphatic carbocycles. The van der Waals surface area contributed by atoms with E-state index in [1.807, 2.05) is 0 Å². The number of amides is 3. The first-order valence-electron chi connectivity index (χ1n) is 12.8. The number of nitrogens with one attached hydrogen (secondary N) is 3. The summed E-state index contributed by atoms with van der Waals surface area (Å²) in [7, 11) is 0. The standard InChI is InChI=1S/C29H30Cl2N4O6/c1-3-5-12-40-24-9-7-22(8-10-24)34-28(37)29(38)35-32-17-19-6-11-25(26(13-19)39-4-2)41-18-27(36)33-23-15-20(30)14-21(31)16-23/h6-11,13-17H,3-5,12,18H2,1-2H3,(H,33,36)(H,34,37)(H,35,38)/b32-17-. The first-order chi connectivity index (χ1) is 19.8. The third-order valence-corrected chi connectivity index (χ3v) is 5.67. The zero-order chi connectivity index (χ0) is 29.6. The molecule has 3 rings (SSSR count). The zero-order valence-electron chi connectivity index (χ0n) is 22.5. The summed E-state index contributed by atoms with van der Waals surface area (Å²) in [6.07, 6.45) is 3.32. The van der Waals surface area contributed by atoms with E-state index in [0.29, 0.717) is 57.4 Å². The van der Waals surface area contributed by atoms with Crippen LogP contribution in [0.2, 0.25) is 10.0 Å². The number of hydrazone groups is 1. The molecule has 0 saturated heterocycles. The van der Waals surface area contributed by atoms with Crippen LogP contribution in [-0.4, -0.2) is 43.8 Å². The Hall–Kier alpha value is -4.28. The maximum Gasteiger partial charge on any atom is 0.329 e. The highest BCUT2D eigenvalue weighted by Crippen LogP contribution is 2.28. The van der Waals surface area contributed by atoms with Gasteiger partial charge in [0.1, 0.15) is 5.75 Å². The molecule has 0 aliphatic heterocycles. The lowest BCUT2D eigenvalue weighted by molar-refractivity contribution is -0.136. The Morgan fingerprint density at radius 3 is 2.22 bits per heavy atom. The lowest BCUT2D eigenvalue weighted by Crippen LogP contribution is -2.32. The summed E-state index contributed by atoms with van der Waals surface area (Å²) >= 11 is 11.9. The summed E-state index contributed by atoms with van der Waals surface area (Å²) in [6.45, 7) is 4.53. The van der Waals surface area contributed by atoms with E-state index in [1.54, 1.807) is 67.6 Å². The van der Waals surface area contributed by atoms with E-state index < -0.39 is 17.7 Å². The van der Waals surface area contributed by atoms with E-state index in [4.69, 9.17) is 37.4 Å². The van der Waals surface area contributed by atoms with Gasteiger partial charge in [-0.25, -0.2) is 5.43 Å². The number of carbonyl (C=O) groups excluding carboxylic acids is 3. The van der Waals surface area contributed by atoms with E-state index in [0.717, 1.165) is 12.8 Å². The molecule has 41 heavy (non-hydrogen) atoms. The number of hydrogen-bond donors (Lipinski definition) is 3. The van der Waals surface area contributed by atoms with Crippen molar-refractivity contribution in [3.8, 4) is 17.2 Å². The molecule has 0 saturated carbocycles. The highest BCUT2D eigenvalue weighted by atomic mass is 35.5. The van der Waals surface area contributed by atoms with Crippen LogP contribution in [0.5, 0.6) is 17.2 Å². The van der Waals surface area contributed by atoms with Crippen LogP contribution in [0.4, 0.5) is 11.4 Å². The number of hydrogen-bond acceptors (Lipinski definition) is 7. The molecule has 12 heteroatoms. The molecule has 0 atom stereocenters. The third-order valence-electron chi connectivity index (χ3n) is 5.24. The molecule has 3 aromatic carbocycles. The van der Waals surface area contributed by atoms with E-state index >= 15 is 0 Å². The van der Waals surface area contributed by atoms with Crippen molar-refractivity contribution < 1.29 is 28.6 Å². The number of nitrogens with zero attached hydrogens (tertiary/aromatic N) is 1. The van der Waals surface area contributed by atoms with Crippen molar-refractivity contribution in [1.82, 2.24) is 5.43 Å². The Labute approximate surface area is 248 Å². The fourth-order valence-corrected chi connectivity index (χ4v) is 3.86. The Morgan fingerprint density at radius 2 is 1.54 bits per heavy atom. The van der Waals surface area contributed by atoms with Crippen molar-refractivity contribution in [2.45, 2.75) is 26.7 Å². The predicted molar refractivity (Wildman–Crippen MR) is 159 cm³/mol. The van der Waals surface area contributed by atoms with Crippen LogP contribution in [0.15, 0.2) is 65.8 Å². The van der Waals surface area contributed by atoms with E-state index in [2.05, 4.69) is 28.1 Å². The molecule has 10 nitrogen and oxygen atoms in total.